The SMILES string of the molecule is O/N=C\C=C\c1cccs1. The molecule has 0 fully saturated rings. The molecule has 0 saturated heterocycles. The molecule has 3 heteroatoms. The van der Waals surface area contributed by atoms with E-state index in [-0.39, 0.29) is 0 Å². The minimum Gasteiger partial charge on any atom is -0.411 e. The van der Waals surface area contributed by atoms with Crippen molar-refractivity contribution in [1.29, 1.82) is 0 Å². The van der Waals surface area contributed by atoms with Gasteiger partial charge in [0.25, 0.3) is 0 Å². The monoisotopic (exact) mass is 153 g/mol. The minimum atomic E-state index is 1.15. The van der Waals surface area contributed by atoms with Crippen LogP contribution in [0.25, 0.3) is 6.08 Å². The first-order chi connectivity index (χ1) is 4.93. The third-order valence-corrected chi connectivity index (χ3v) is 1.79. The lowest BCUT2D eigenvalue weighted by molar-refractivity contribution is 0.322. The Hall–Kier alpha value is -1.09. The molecule has 0 aliphatic rings. The van der Waals surface area contributed by atoms with Gasteiger partial charge in [-0.15, -0.1) is 11.3 Å². The molecule has 1 N–H and O–H groups in total. The maximum Gasteiger partial charge on any atom is 0.0661 e. The molecule has 0 aromatic carbocycles. The first-order valence-electron chi connectivity index (χ1n) is 2.81. The molecule has 1 rings (SSSR count). The highest BCUT2D eigenvalue weighted by molar-refractivity contribution is 7.10. The fourth-order valence-corrected chi connectivity index (χ4v) is 1.19. The van der Waals surface area contributed by atoms with E-state index in [9.17, 15) is 0 Å². The van der Waals surface area contributed by atoms with Gasteiger partial charge in [0.05, 0.1) is 6.21 Å². The van der Waals surface area contributed by atoms with Gasteiger partial charge in [0.15, 0.2) is 0 Å². The summed E-state index contributed by atoms with van der Waals surface area (Å²) in [6, 6.07) is 3.97. The summed E-state index contributed by atoms with van der Waals surface area (Å²) in [6.45, 7) is 0. The molecule has 1 heterocycles. The van der Waals surface area contributed by atoms with Crippen LogP contribution >= 0.6 is 11.3 Å². The first kappa shape index (κ1) is 7.02. The maximum absolute atomic E-state index is 8.02. The summed E-state index contributed by atoms with van der Waals surface area (Å²) in [6.07, 6.45) is 4.90. The fourth-order valence-electron chi connectivity index (χ4n) is 0.562. The van der Waals surface area contributed by atoms with Gasteiger partial charge >= 0.3 is 0 Å². The zero-order valence-corrected chi connectivity index (χ0v) is 6.08. The number of allylic oxidation sites excluding steroid dienone is 1. The van der Waals surface area contributed by atoms with Crippen molar-refractivity contribution in [3.63, 3.8) is 0 Å². The molecule has 0 spiro atoms. The van der Waals surface area contributed by atoms with E-state index in [1.165, 1.54) is 6.21 Å². The van der Waals surface area contributed by atoms with Crippen molar-refractivity contribution < 1.29 is 5.21 Å². The Morgan fingerprint density at radius 1 is 1.60 bits per heavy atom. The van der Waals surface area contributed by atoms with Crippen LogP contribution in [0.15, 0.2) is 28.7 Å². The average molecular weight is 153 g/mol. The zero-order valence-electron chi connectivity index (χ0n) is 5.27. The summed E-state index contributed by atoms with van der Waals surface area (Å²) in [5.74, 6) is 0. The highest BCUT2D eigenvalue weighted by atomic mass is 32.1. The van der Waals surface area contributed by atoms with Crippen LogP contribution in [-0.4, -0.2) is 11.4 Å². The number of hydrogen-bond acceptors (Lipinski definition) is 3. The first-order valence-corrected chi connectivity index (χ1v) is 3.69. The summed E-state index contributed by atoms with van der Waals surface area (Å²) in [5, 5.41) is 12.8. The zero-order chi connectivity index (χ0) is 7.23. The molecule has 1 aromatic heterocycles. The predicted molar refractivity (Wildman–Crippen MR) is 43.6 cm³/mol. The number of rotatable bonds is 2. The second-order valence-corrected chi connectivity index (χ2v) is 2.62. The van der Waals surface area contributed by atoms with Crippen molar-refractivity contribution in [2.75, 3.05) is 0 Å². The van der Waals surface area contributed by atoms with Crippen molar-refractivity contribution in [2.24, 2.45) is 5.16 Å². The Kier molecular flexibility index (Phi) is 2.70. The lowest BCUT2D eigenvalue weighted by Crippen LogP contribution is -1.61. The molecule has 0 bridgehead atoms. The summed E-state index contributed by atoms with van der Waals surface area (Å²) in [5.41, 5.74) is 0. The van der Waals surface area contributed by atoms with Crippen molar-refractivity contribution >= 4 is 23.6 Å². The van der Waals surface area contributed by atoms with Crippen LogP contribution in [-0.2, 0) is 0 Å². The summed E-state index contributed by atoms with van der Waals surface area (Å²) < 4.78 is 0. The quantitative estimate of drug-likeness (QED) is 0.394. The van der Waals surface area contributed by atoms with E-state index in [0.29, 0.717) is 0 Å². The molecule has 0 aliphatic heterocycles. The predicted octanol–water partition coefficient (Wildman–Crippen LogP) is 2.22. The Balaban J connectivity index is 2.55. The standard InChI is InChI=1S/C7H7NOS/c9-8-5-1-3-7-4-2-6-10-7/h1-6,9H/b3-1+,8-5-. The second-order valence-electron chi connectivity index (χ2n) is 1.64. The highest BCUT2D eigenvalue weighted by Crippen LogP contribution is 2.09. The minimum absolute atomic E-state index is 1.15. The van der Waals surface area contributed by atoms with Crippen LogP contribution in [0.5, 0.6) is 0 Å². The van der Waals surface area contributed by atoms with Gasteiger partial charge in [-0.25, -0.2) is 0 Å². The molecular weight excluding hydrogens is 146 g/mol. The third-order valence-electron chi connectivity index (χ3n) is 0.956. The van der Waals surface area contributed by atoms with Gasteiger partial charge in [-0.05, 0) is 23.6 Å². The fraction of sp³-hybridized carbons (Fsp3) is 0. The van der Waals surface area contributed by atoms with E-state index < -0.39 is 0 Å². The van der Waals surface area contributed by atoms with Crippen molar-refractivity contribution in [2.45, 2.75) is 0 Å². The highest BCUT2D eigenvalue weighted by Gasteiger charge is 1.81. The maximum atomic E-state index is 8.02. The molecule has 52 valence electrons. The van der Waals surface area contributed by atoms with Crippen LogP contribution in [0.2, 0.25) is 0 Å². The summed E-state index contributed by atoms with van der Waals surface area (Å²) >= 11 is 1.64. The average Bonchev–Trinajstić information content (AvgIpc) is 2.41. The van der Waals surface area contributed by atoms with Gasteiger partial charge in [-0.1, -0.05) is 11.2 Å². The normalized spacial score (nSPS) is 11.6. The third kappa shape index (κ3) is 2.03. The number of hydrogen-bond donors (Lipinski definition) is 1. The molecule has 0 amide bonds. The number of thiophene rings is 1. The van der Waals surface area contributed by atoms with Gasteiger partial charge in [0.1, 0.15) is 0 Å². The Labute approximate surface area is 63.1 Å². The van der Waals surface area contributed by atoms with Crippen molar-refractivity contribution in [1.82, 2.24) is 0 Å². The topological polar surface area (TPSA) is 32.6 Å². The summed E-state index contributed by atoms with van der Waals surface area (Å²) in [7, 11) is 0. The Morgan fingerprint density at radius 2 is 2.50 bits per heavy atom. The lowest BCUT2D eigenvalue weighted by atomic mass is 10.4. The van der Waals surface area contributed by atoms with Crippen LogP contribution < -0.4 is 0 Å². The number of oxime groups is 1. The molecule has 0 aliphatic carbocycles. The van der Waals surface area contributed by atoms with E-state index in [1.54, 1.807) is 17.4 Å². The van der Waals surface area contributed by atoms with Gasteiger partial charge < -0.3 is 5.21 Å². The van der Waals surface area contributed by atoms with Crippen LogP contribution in [0.4, 0.5) is 0 Å². The van der Waals surface area contributed by atoms with E-state index in [2.05, 4.69) is 5.16 Å². The van der Waals surface area contributed by atoms with Gasteiger partial charge in [-0.3, -0.25) is 0 Å². The Bertz CT molecular complexity index is 226. The molecule has 2 nitrogen and oxygen atoms in total. The molecule has 0 atom stereocenters. The van der Waals surface area contributed by atoms with Gasteiger partial charge in [0, 0.05) is 4.88 Å². The van der Waals surface area contributed by atoms with Gasteiger partial charge in [0.2, 0.25) is 0 Å². The Morgan fingerprint density at radius 3 is 3.10 bits per heavy atom. The van der Waals surface area contributed by atoms with Crippen LogP contribution in [0, 0.1) is 0 Å². The molecule has 0 saturated carbocycles. The van der Waals surface area contributed by atoms with E-state index in [0.717, 1.165) is 4.88 Å². The van der Waals surface area contributed by atoms with Crippen LogP contribution in [0.3, 0.4) is 0 Å². The van der Waals surface area contributed by atoms with E-state index in [4.69, 9.17) is 5.21 Å². The van der Waals surface area contributed by atoms with Crippen molar-refractivity contribution in [3.05, 3.63) is 28.5 Å². The summed E-state index contributed by atoms with van der Waals surface area (Å²) in [4.78, 5) is 1.15. The number of nitrogens with zero attached hydrogens (tertiary/aromatic N) is 1. The van der Waals surface area contributed by atoms with E-state index in [1.807, 2.05) is 23.6 Å². The lowest BCUT2D eigenvalue weighted by Gasteiger charge is -1.76. The molecule has 0 unspecified atom stereocenters. The molecular formula is C7H7NOS. The molecule has 1 aromatic rings. The largest absolute Gasteiger partial charge is 0.411 e. The smallest absolute Gasteiger partial charge is 0.0661 e. The second kappa shape index (κ2) is 3.85. The van der Waals surface area contributed by atoms with E-state index >= 15 is 0 Å². The van der Waals surface area contributed by atoms with Gasteiger partial charge in [-0.2, -0.15) is 0 Å². The molecule has 10 heavy (non-hydrogen) atoms. The molecule has 0 radical (unpaired) electrons. The van der Waals surface area contributed by atoms with Crippen molar-refractivity contribution in [3.8, 4) is 0 Å². The van der Waals surface area contributed by atoms with Crippen LogP contribution in [0.1, 0.15) is 4.88 Å².